The van der Waals surface area contributed by atoms with Crippen LogP contribution in [0.3, 0.4) is 0 Å². The number of phenolic OH excluding ortho intramolecular Hbond substituents is 1. The van der Waals surface area contributed by atoms with Crippen molar-refractivity contribution < 1.29 is 14.6 Å². The van der Waals surface area contributed by atoms with Crippen molar-refractivity contribution in [3.8, 4) is 11.5 Å². The quantitative estimate of drug-likeness (QED) is 0.763. The Morgan fingerprint density at radius 3 is 2.35 bits per heavy atom. The molecule has 0 heterocycles. The lowest BCUT2D eigenvalue weighted by Crippen LogP contribution is -2.03. The molecule has 0 aliphatic rings. The van der Waals surface area contributed by atoms with Gasteiger partial charge in [0.15, 0.2) is 6.79 Å². The van der Waals surface area contributed by atoms with E-state index in [-0.39, 0.29) is 6.79 Å². The van der Waals surface area contributed by atoms with Crippen molar-refractivity contribution in [2.45, 2.75) is 40.0 Å². The van der Waals surface area contributed by atoms with Crippen molar-refractivity contribution in [1.29, 1.82) is 0 Å². The van der Waals surface area contributed by atoms with Gasteiger partial charge >= 0.3 is 0 Å². The third-order valence-electron chi connectivity index (χ3n) is 4.04. The van der Waals surface area contributed by atoms with Gasteiger partial charge in [-0.2, -0.15) is 0 Å². The maximum Gasteiger partial charge on any atom is 0.188 e. The third-order valence-corrected chi connectivity index (χ3v) is 4.04. The van der Waals surface area contributed by atoms with Crippen molar-refractivity contribution in [2.24, 2.45) is 0 Å². The molecule has 0 amide bonds. The zero-order valence-electron chi connectivity index (χ0n) is 14.5. The molecule has 0 spiro atoms. The van der Waals surface area contributed by atoms with E-state index in [4.69, 9.17) is 9.47 Å². The van der Waals surface area contributed by atoms with Gasteiger partial charge in [-0.25, -0.2) is 0 Å². The zero-order chi connectivity index (χ0) is 16.8. The molecule has 3 heteroatoms. The summed E-state index contributed by atoms with van der Waals surface area (Å²) < 4.78 is 10.7. The zero-order valence-corrected chi connectivity index (χ0v) is 14.5. The van der Waals surface area contributed by atoms with Gasteiger partial charge in [-0.15, -0.1) is 0 Å². The molecule has 3 nitrogen and oxygen atoms in total. The van der Waals surface area contributed by atoms with E-state index in [1.165, 1.54) is 16.7 Å². The van der Waals surface area contributed by atoms with Crippen LogP contribution in [-0.4, -0.2) is 19.0 Å². The smallest absolute Gasteiger partial charge is 0.188 e. The predicted octanol–water partition coefficient (Wildman–Crippen LogP) is 4.54. The summed E-state index contributed by atoms with van der Waals surface area (Å²) in [5, 5.41) is 9.69. The van der Waals surface area contributed by atoms with Crippen LogP contribution in [0.5, 0.6) is 11.5 Å². The maximum absolute atomic E-state index is 9.69. The second-order valence-electron chi connectivity index (χ2n) is 5.98. The summed E-state index contributed by atoms with van der Waals surface area (Å²) in [6.07, 6.45) is 2.92. The SMILES string of the molecule is CCCc1cc(Cc2c(C)cc(O)cc2C)ccc1OCOC. The fraction of sp³-hybridized carbons (Fsp3) is 0.400. The number of rotatable bonds is 7. The molecular formula is C20H26O3. The Morgan fingerprint density at radius 1 is 1.04 bits per heavy atom. The topological polar surface area (TPSA) is 38.7 Å². The average molecular weight is 314 g/mol. The van der Waals surface area contributed by atoms with E-state index in [1.807, 2.05) is 32.0 Å². The molecule has 0 aliphatic carbocycles. The number of aryl methyl sites for hydroxylation is 3. The highest BCUT2D eigenvalue weighted by atomic mass is 16.7. The predicted molar refractivity (Wildman–Crippen MR) is 93.3 cm³/mol. The Morgan fingerprint density at radius 2 is 1.74 bits per heavy atom. The van der Waals surface area contributed by atoms with Crippen LogP contribution in [0.2, 0.25) is 0 Å². The Balaban J connectivity index is 2.28. The molecule has 124 valence electrons. The van der Waals surface area contributed by atoms with Crippen molar-refractivity contribution in [2.75, 3.05) is 13.9 Å². The number of phenols is 1. The van der Waals surface area contributed by atoms with Crippen LogP contribution in [0.25, 0.3) is 0 Å². The van der Waals surface area contributed by atoms with Gasteiger partial charge in [0.1, 0.15) is 11.5 Å². The fourth-order valence-electron chi connectivity index (χ4n) is 2.92. The molecule has 0 aromatic heterocycles. The third kappa shape index (κ3) is 4.49. The summed E-state index contributed by atoms with van der Waals surface area (Å²) in [4.78, 5) is 0. The Labute approximate surface area is 138 Å². The lowest BCUT2D eigenvalue weighted by atomic mass is 9.94. The molecular weight excluding hydrogens is 288 g/mol. The van der Waals surface area contributed by atoms with Crippen LogP contribution in [0.15, 0.2) is 30.3 Å². The van der Waals surface area contributed by atoms with Gasteiger partial charge in [0.05, 0.1) is 0 Å². The Kier molecular flexibility index (Phi) is 6.05. The van der Waals surface area contributed by atoms with Crippen molar-refractivity contribution in [3.05, 3.63) is 58.1 Å². The Hall–Kier alpha value is -2.00. The number of benzene rings is 2. The average Bonchev–Trinajstić information content (AvgIpc) is 2.50. The molecule has 0 aliphatic heterocycles. The summed E-state index contributed by atoms with van der Waals surface area (Å²) >= 11 is 0. The minimum absolute atomic E-state index is 0.270. The number of methoxy groups -OCH3 is 1. The largest absolute Gasteiger partial charge is 0.508 e. The van der Waals surface area contributed by atoms with Gasteiger partial charge in [0.2, 0.25) is 0 Å². The molecule has 0 bridgehead atoms. The van der Waals surface area contributed by atoms with Crippen LogP contribution in [0.4, 0.5) is 0 Å². The van der Waals surface area contributed by atoms with Gasteiger partial charge < -0.3 is 14.6 Å². The van der Waals surface area contributed by atoms with E-state index < -0.39 is 0 Å². The van der Waals surface area contributed by atoms with Crippen LogP contribution in [-0.2, 0) is 17.6 Å². The van der Waals surface area contributed by atoms with E-state index in [0.717, 1.165) is 36.1 Å². The number of hydrogen-bond acceptors (Lipinski definition) is 3. The van der Waals surface area contributed by atoms with Gasteiger partial charge in [0.25, 0.3) is 0 Å². The molecule has 0 saturated carbocycles. The molecule has 0 radical (unpaired) electrons. The molecule has 2 aromatic carbocycles. The number of ether oxygens (including phenoxy) is 2. The summed E-state index contributed by atoms with van der Waals surface area (Å²) in [6, 6.07) is 10.0. The summed E-state index contributed by atoms with van der Waals surface area (Å²) in [7, 11) is 1.63. The van der Waals surface area contributed by atoms with E-state index >= 15 is 0 Å². The Bertz CT molecular complexity index is 639. The van der Waals surface area contributed by atoms with Crippen LogP contribution < -0.4 is 4.74 Å². The molecule has 0 unspecified atom stereocenters. The molecule has 2 rings (SSSR count). The van der Waals surface area contributed by atoms with E-state index in [2.05, 4.69) is 19.1 Å². The summed E-state index contributed by atoms with van der Waals surface area (Å²) in [5.74, 6) is 1.23. The first kappa shape index (κ1) is 17.4. The van der Waals surface area contributed by atoms with E-state index in [9.17, 15) is 5.11 Å². The summed E-state index contributed by atoms with van der Waals surface area (Å²) in [5.41, 5.74) is 6.00. The van der Waals surface area contributed by atoms with Gasteiger partial charge in [0, 0.05) is 7.11 Å². The highest BCUT2D eigenvalue weighted by Gasteiger charge is 2.09. The second-order valence-corrected chi connectivity index (χ2v) is 5.98. The lowest BCUT2D eigenvalue weighted by molar-refractivity contribution is 0.0504. The van der Waals surface area contributed by atoms with Gasteiger partial charge in [-0.1, -0.05) is 25.5 Å². The molecule has 2 aromatic rings. The standard InChI is InChI=1S/C20H26O3/c1-5-6-17-11-16(7-8-20(17)23-13-22-4)12-19-14(2)9-18(21)10-15(19)3/h7-11,21H,5-6,12-13H2,1-4H3. The minimum Gasteiger partial charge on any atom is -0.508 e. The maximum atomic E-state index is 9.69. The van der Waals surface area contributed by atoms with Gasteiger partial charge in [-0.3, -0.25) is 0 Å². The first-order valence-corrected chi connectivity index (χ1v) is 8.07. The van der Waals surface area contributed by atoms with E-state index in [0.29, 0.717) is 5.75 Å². The van der Waals surface area contributed by atoms with Gasteiger partial charge in [-0.05, 0) is 72.7 Å². The number of aromatic hydroxyl groups is 1. The fourth-order valence-corrected chi connectivity index (χ4v) is 2.92. The monoisotopic (exact) mass is 314 g/mol. The second kappa shape index (κ2) is 8.02. The lowest BCUT2D eigenvalue weighted by Gasteiger charge is -2.14. The van der Waals surface area contributed by atoms with Crippen molar-refractivity contribution in [3.63, 3.8) is 0 Å². The molecule has 0 atom stereocenters. The molecule has 23 heavy (non-hydrogen) atoms. The van der Waals surface area contributed by atoms with E-state index in [1.54, 1.807) is 7.11 Å². The number of hydrogen-bond donors (Lipinski definition) is 1. The minimum atomic E-state index is 0.270. The normalized spacial score (nSPS) is 10.8. The summed E-state index contributed by atoms with van der Waals surface area (Å²) in [6.45, 7) is 6.53. The van der Waals surface area contributed by atoms with Crippen LogP contribution in [0.1, 0.15) is 41.2 Å². The molecule has 0 saturated heterocycles. The van der Waals surface area contributed by atoms with Crippen molar-refractivity contribution >= 4 is 0 Å². The first-order chi connectivity index (χ1) is 11.0. The highest BCUT2D eigenvalue weighted by Crippen LogP contribution is 2.27. The molecule has 1 N–H and O–H groups in total. The first-order valence-electron chi connectivity index (χ1n) is 8.07. The van der Waals surface area contributed by atoms with Crippen LogP contribution in [0, 0.1) is 13.8 Å². The van der Waals surface area contributed by atoms with Crippen molar-refractivity contribution in [1.82, 2.24) is 0 Å². The highest BCUT2D eigenvalue weighted by molar-refractivity contribution is 5.45. The van der Waals surface area contributed by atoms with Crippen LogP contribution >= 0.6 is 0 Å². The molecule has 0 fully saturated rings.